The first kappa shape index (κ1) is 27.5. The van der Waals surface area contributed by atoms with E-state index in [1.807, 2.05) is 41.6 Å². The van der Waals surface area contributed by atoms with Gasteiger partial charge in [0.05, 0.1) is 0 Å². The molecule has 4 unspecified atom stereocenters. The third-order valence-corrected chi connectivity index (χ3v) is 2.73. The molecule has 1 N–H and O–H groups in total. The van der Waals surface area contributed by atoms with Gasteiger partial charge < -0.3 is 10.7 Å². The molecule has 2 nitrogen and oxygen atoms in total. The van der Waals surface area contributed by atoms with E-state index >= 15 is 0 Å². The van der Waals surface area contributed by atoms with Crippen molar-refractivity contribution in [3.05, 3.63) is 60.0 Å². The van der Waals surface area contributed by atoms with Crippen LogP contribution in [0, 0.1) is 6.07 Å². The summed E-state index contributed by atoms with van der Waals surface area (Å²) in [6, 6.07) is 17.2. The molecule has 0 saturated heterocycles. The summed E-state index contributed by atoms with van der Waals surface area (Å²) in [4.78, 5) is 4.50. The second kappa shape index (κ2) is 14.1. The van der Waals surface area contributed by atoms with Crippen molar-refractivity contribution in [1.82, 2.24) is 4.98 Å². The smallest absolute Gasteiger partial charge is 0.00901 e. The average Bonchev–Trinajstić information content (AvgIpc) is 2.48. The van der Waals surface area contributed by atoms with Crippen LogP contribution in [0.4, 0.5) is 0 Å². The summed E-state index contributed by atoms with van der Waals surface area (Å²) in [7, 11) is 4.57. The van der Waals surface area contributed by atoms with Crippen LogP contribution in [0.1, 0.15) is 5.69 Å². The number of hydrogen-bond donors (Lipinski definition) is 0. The maximum atomic E-state index is 7.35. The summed E-state index contributed by atoms with van der Waals surface area (Å²) in [5.41, 5.74) is 9.10. The van der Waals surface area contributed by atoms with Crippen molar-refractivity contribution in [2.45, 2.75) is 6.54 Å². The van der Waals surface area contributed by atoms with Gasteiger partial charge in [-0.05, 0) is 17.0 Å². The Kier molecular flexibility index (Phi) is 17.6. The number of fused-ring (bicyclic) bond motifs is 3. The van der Waals surface area contributed by atoms with Crippen molar-refractivity contribution in [1.29, 1.82) is 0 Å². The fourth-order valence-corrected chi connectivity index (χ4v) is 1.92. The summed E-state index contributed by atoms with van der Waals surface area (Å²) in [5.74, 6) is 0. The Morgan fingerprint density at radius 2 is 1.55 bits per heavy atom. The van der Waals surface area contributed by atoms with E-state index in [4.69, 9.17) is 5.73 Å². The van der Waals surface area contributed by atoms with E-state index in [9.17, 15) is 0 Å². The van der Waals surface area contributed by atoms with Crippen molar-refractivity contribution >= 4 is 71.0 Å². The van der Waals surface area contributed by atoms with E-state index in [0.29, 0.717) is 0 Å². The summed E-state index contributed by atoms with van der Waals surface area (Å²) in [6.45, 7) is 0.221. The van der Waals surface area contributed by atoms with E-state index in [0.717, 1.165) is 27.4 Å². The van der Waals surface area contributed by atoms with Crippen LogP contribution in [0.15, 0.2) is 42.5 Å². The summed E-state index contributed by atoms with van der Waals surface area (Å²) in [5, 5.41) is 3.28. The first-order valence-corrected chi connectivity index (χ1v) is 7.59. The molecule has 22 heavy (non-hydrogen) atoms. The molecule has 0 aliphatic heterocycles. The molecule has 0 aliphatic carbocycles. The number of pyridine rings is 1. The van der Waals surface area contributed by atoms with Crippen LogP contribution >= 0.6 is 49.3 Å². The van der Waals surface area contributed by atoms with Crippen molar-refractivity contribution in [2.75, 3.05) is 0 Å². The second-order valence-corrected chi connectivity index (χ2v) is 3.75. The van der Waals surface area contributed by atoms with Gasteiger partial charge in [0, 0.05) is 5.69 Å². The molecule has 0 fully saturated rings. The van der Waals surface area contributed by atoms with Crippen molar-refractivity contribution in [3.63, 3.8) is 0 Å². The minimum Gasteiger partial charge on any atom is -0.672 e. The number of benzene rings is 2. The number of rotatable bonds is 1. The molecule has 0 saturated carbocycles. The van der Waals surface area contributed by atoms with E-state index in [1.165, 1.54) is 0 Å². The molecule has 1 aromatic heterocycles. The number of nitrogens with zero attached hydrogens (tertiary/aromatic N) is 1. The molecule has 1 heterocycles. The minimum atomic E-state index is 0. The van der Waals surface area contributed by atoms with Gasteiger partial charge >= 0.3 is 27.0 Å². The van der Waals surface area contributed by atoms with E-state index in [-0.39, 0.29) is 46.1 Å². The Morgan fingerprint density at radius 1 is 0.955 bits per heavy atom. The molecule has 4 atom stereocenters. The fraction of sp³-hybridized carbons (Fsp3) is 0.0714. The third kappa shape index (κ3) is 6.31. The molecule has 0 bridgehead atoms. The van der Waals surface area contributed by atoms with E-state index in [1.54, 1.807) is 0 Å². The predicted octanol–water partition coefficient (Wildman–Crippen LogP) is 4.66. The molecular formula is C14H22ClN2P4Ru. The molecule has 123 valence electrons. The zero-order valence-electron chi connectivity index (χ0n) is 12.3. The van der Waals surface area contributed by atoms with Gasteiger partial charge in [-0.1, -0.05) is 18.2 Å². The first-order valence-electron chi connectivity index (χ1n) is 5.35. The Labute approximate surface area is 159 Å². The Hall–Kier alpha value is 0.703. The third-order valence-electron chi connectivity index (χ3n) is 2.73. The maximum Gasteiger partial charge on any atom is 0.00901 e. The Morgan fingerprint density at radius 3 is 2.18 bits per heavy atom. The van der Waals surface area contributed by atoms with Gasteiger partial charge in [0.1, 0.15) is 0 Å². The van der Waals surface area contributed by atoms with Crippen LogP contribution in [0.25, 0.3) is 27.4 Å². The molecule has 0 spiro atoms. The van der Waals surface area contributed by atoms with Gasteiger partial charge in [0.15, 0.2) is 0 Å². The van der Waals surface area contributed by atoms with Gasteiger partial charge in [-0.15, -0.1) is 41.6 Å². The van der Waals surface area contributed by atoms with Crippen LogP contribution in [0.3, 0.4) is 0 Å². The van der Waals surface area contributed by atoms with Crippen LogP contribution in [-0.4, -0.2) is 4.98 Å². The summed E-state index contributed by atoms with van der Waals surface area (Å²) in [6.07, 6.45) is 0. The van der Waals surface area contributed by atoms with Crippen LogP contribution in [0.5, 0.6) is 0 Å². The quantitative estimate of drug-likeness (QED) is 0.217. The van der Waals surface area contributed by atoms with Crippen LogP contribution in [0.2, 0.25) is 0 Å². The van der Waals surface area contributed by atoms with Gasteiger partial charge in [0.25, 0.3) is 0 Å². The molecule has 3 rings (SSSR count). The zero-order chi connectivity index (χ0) is 13.0. The van der Waals surface area contributed by atoms with Gasteiger partial charge in [-0.3, -0.25) is 0 Å². The van der Waals surface area contributed by atoms with Crippen molar-refractivity contribution < 1.29 is 17.3 Å². The Bertz CT molecular complexity index is 685. The predicted molar refractivity (Wildman–Crippen MR) is 116 cm³/mol. The monoisotopic (exact) mass is 479 g/mol. The van der Waals surface area contributed by atoms with Gasteiger partial charge in [-0.25, -0.2) is 0 Å². The molecule has 8 heteroatoms. The molecule has 3 aromatic rings. The molecule has 0 radical (unpaired) electrons. The first-order chi connectivity index (χ1) is 8.88. The number of aromatic nitrogens is 1. The van der Waals surface area contributed by atoms with Crippen LogP contribution in [-0.2, 0) is 23.9 Å². The maximum absolute atomic E-state index is 7.35. The minimum absolute atomic E-state index is 0. The molecular weight excluding hydrogens is 457 g/mol. The molecule has 2 aromatic carbocycles. The normalized spacial score (nSPS) is 8.27. The largest absolute Gasteiger partial charge is 0.672 e. The standard InChI is InChI=1S/C14H10N2.ClH.4H3P.Ru/c15-9-12-8-7-11-6-5-10-3-1-2-4-13(10)14(11)16-12;;;;;;/h1-3,5-8,15H,9H2;1H;4*1H3;/q-2;;;;;;+3/p-1. The van der Waals surface area contributed by atoms with Crippen molar-refractivity contribution in [3.8, 4) is 0 Å². The number of hydrogen-bond acceptors (Lipinski definition) is 1. The molecule has 0 aliphatic rings. The SMILES string of the molecule is P.P.P.P.[Cl][Ru+2].[NH-]Cc1ccc2ccc3ccc[c-]c3c2n1. The molecule has 0 amide bonds. The topological polar surface area (TPSA) is 36.7 Å². The van der Waals surface area contributed by atoms with E-state index in [2.05, 4.69) is 38.9 Å². The summed E-state index contributed by atoms with van der Waals surface area (Å²) >= 11 is 1.82. The van der Waals surface area contributed by atoms with Crippen LogP contribution < -0.4 is 0 Å². The second-order valence-electron chi connectivity index (χ2n) is 3.75. The van der Waals surface area contributed by atoms with Gasteiger partial charge in [-0.2, -0.15) is 39.6 Å². The van der Waals surface area contributed by atoms with Gasteiger partial charge in [0.2, 0.25) is 0 Å². The van der Waals surface area contributed by atoms with Crippen molar-refractivity contribution in [2.24, 2.45) is 0 Å². The Balaban J connectivity index is -0.000000579. The zero-order valence-corrected chi connectivity index (χ0v) is 20.4. The number of nitrogens with one attached hydrogen (secondary N) is 1. The summed E-state index contributed by atoms with van der Waals surface area (Å²) < 4.78 is 0. The number of halogens is 1. The fourth-order valence-electron chi connectivity index (χ4n) is 1.92. The average molecular weight is 479 g/mol. The van der Waals surface area contributed by atoms with E-state index < -0.39 is 0 Å².